The van der Waals surface area contributed by atoms with Crippen molar-refractivity contribution in [3.05, 3.63) is 64.7 Å². The molecule has 5 N–H and O–H groups in total. The molecule has 2 aromatic rings. The smallest absolute Gasteiger partial charge is 0.251 e. The fraction of sp³-hybridized carbons (Fsp3) is 0.125. The number of anilines is 1. The average molecular weight is 318 g/mol. The average Bonchev–Trinajstić information content (AvgIpc) is 2.50. The second-order valence-corrected chi connectivity index (χ2v) is 5.26. The third kappa shape index (κ3) is 3.99. The number of amides is 2. The standard InChI is InChI=1S/C16H16ClN3O2/c17-12-9-11(6-7-13(12)18)16(22)20-14(15(19)21)8-10-4-2-1-3-5-10/h1-7,9,14H,8,18H2,(H2,19,21)(H,20,22)/t14-/m0/s1. The Hall–Kier alpha value is -2.53. The molecule has 0 heterocycles. The molecule has 0 spiro atoms. The molecular weight excluding hydrogens is 302 g/mol. The van der Waals surface area contributed by atoms with Crippen LogP contribution >= 0.6 is 11.6 Å². The van der Waals surface area contributed by atoms with Crippen molar-refractivity contribution in [2.75, 3.05) is 5.73 Å². The Kier molecular flexibility index (Phi) is 5.01. The van der Waals surface area contributed by atoms with Gasteiger partial charge in [0.05, 0.1) is 10.7 Å². The van der Waals surface area contributed by atoms with Crippen molar-refractivity contribution >= 4 is 29.1 Å². The topological polar surface area (TPSA) is 98.2 Å². The number of nitrogens with two attached hydrogens (primary N) is 2. The van der Waals surface area contributed by atoms with E-state index in [9.17, 15) is 9.59 Å². The van der Waals surface area contributed by atoms with E-state index in [2.05, 4.69) is 5.32 Å². The molecule has 0 saturated heterocycles. The number of hydrogen-bond acceptors (Lipinski definition) is 3. The lowest BCUT2D eigenvalue weighted by atomic mass is 10.0. The van der Waals surface area contributed by atoms with E-state index in [0.29, 0.717) is 17.7 Å². The van der Waals surface area contributed by atoms with Gasteiger partial charge in [0.1, 0.15) is 6.04 Å². The second-order valence-electron chi connectivity index (χ2n) is 4.85. The molecule has 0 fully saturated rings. The van der Waals surface area contributed by atoms with Crippen LogP contribution in [-0.2, 0) is 11.2 Å². The molecule has 0 aliphatic heterocycles. The molecule has 2 aromatic carbocycles. The number of halogens is 1. The number of benzene rings is 2. The van der Waals surface area contributed by atoms with Crippen molar-refractivity contribution in [3.63, 3.8) is 0 Å². The highest BCUT2D eigenvalue weighted by atomic mass is 35.5. The lowest BCUT2D eigenvalue weighted by Gasteiger charge is -2.16. The van der Waals surface area contributed by atoms with E-state index in [-0.39, 0.29) is 5.02 Å². The molecule has 0 aliphatic rings. The largest absolute Gasteiger partial charge is 0.398 e. The first kappa shape index (κ1) is 15.9. The highest BCUT2D eigenvalue weighted by Crippen LogP contribution is 2.19. The Morgan fingerprint density at radius 2 is 1.82 bits per heavy atom. The summed E-state index contributed by atoms with van der Waals surface area (Å²) in [6.45, 7) is 0. The normalized spacial score (nSPS) is 11.7. The van der Waals surface area contributed by atoms with Gasteiger partial charge < -0.3 is 16.8 Å². The second kappa shape index (κ2) is 6.95. The summed E-state index contributed by atoms with van der Waals surface area (Å²) >= 11 is 5.89. The first-order chi connectivity index (χ1) is 10.5. The summed E-state index contributed by atoms with van der Waals surface area (Å²) in [5.74, 6) is -1.03. The maximum atomic E-state index is 12.2. The van der Waals surface area contributed by atoms with E-state index < -0.39 is 17.9 Å². The van der Waals surface area contributed by atoms with E-state index in [1.807, 2.05) is 30.3 Å². The van der Waals surface area contributed by atoms with Crippen molar-refractivity contribution < 1.29 is 9.59 Å². The lowest BCUT2D eigenvalue weighted by Crippen LogP contribution is -2.45. The predicted octanol–water partition coefficient (Wildman–Crippen LogP) is 1.75. The number of primary amides is 1. The molecule has 0 aromatic heterocycles. The summed E-state index contributed by atoms with van der Waals surface area (Å²) in [5, 5.41) is 2.90. The van der Waals surface area contributed by atoms with Crippen LogP contribution in [0.5, 0.6) is 0 Å². The third-order valence-electron chi connectivity index (χ3n) is 3.19. The van der Waals surface area contributed by atoms with E-state index >= 15 is 0 Å². The van der Waals surface area contributed by atoms with Crippen LogP contribution in [0.2, 0.25) is 5.02 Å². The van der Waals surface area contributed by atoms with Crippen molar-refractivity contribution in [1.29, 1.82) is 0 Å². The van der Waals surface area contributed by atoms with Gasteiger partial charge in [-0.15, -0.1) is 0 Å². The highest BCUT2D eigenvalue weighted by Gasteiger charge is 2.19. The SMILES string of the molecule is NC(=O)[C@H](Cc1ccccc1)NC(=O)c1ccc(N)c(Cl)c1. The van der Waals surface area contributed by atoms with E-state index in [4.69, 9.17) is 23.1 Å². The fourth-order valence-electron chi connectivity index (χ4n) is 1.98. The zero-order valence-corrected chi connectivity index (χ0v) is 12.5. The van der Waals surface area contributed by atoms with Gasteiger partial charge in [0.2, 0.25) is 5.91 Å². The van der Waals surface area contributed by atoms with Crippen LogP contribution < -0.4 is 16.8 Å². The minimum absolute atomic E-state index is 0.284. The number of carbonyl (C=O) groups excluding carboxylic acids is 2. The summed E-state index contributed by atoms with van der Waals surface area (Å²) in [6.07, 6.45) is 0.324. The van der Waals surface area contributed by atoms with Crippen LogP contribution in [0.15, 0.2) is 48.5 Å². The van der Waals surface area contributed by atoms with E-state index in [0.717, 1.165) is 5.56 Å². The zero-order chi connectivity index (χ0) is 16.1. The summed E-state index contributed by atoms with van der Waals surface area (Å²) in [7, 11) is 0. The van der Waals surface area contributed by atoms with Gasteiger partial charge in [-0.25, -0.2) is 0 Å². The number of rotatable bonds is 5. The predicted molar refractivity (Wildman–Crippen MR) is 86.5 cm³/mol. The van der Waals surface area contributed by atoms with Crippen LogP contribution in [0.4, 0.5) is 5.69 Å². The number of hydrogen-bond donors (Lipinski definition) is 3. The van der Waals surface area contributed by atoms with Crippen LogP contribution in [0, 0.1) is 0 Å². The molecule has 1 atom stereocenters. The van der Waals surface area contributed by atoms with Crippen molar-refractivity contribution in [3.8, 4) is 0 Å². The fourth-order valence-corrected chi connectivity index (χ4v) is 2.16. The minimum atomic E-state index is -0.800. The monoisotopic (exact) mass is 317 g/mol. The maximum absolute atomic E-state index is 12.2. The van der Waals surface area contributed by atoms with Gasteiger partial charge in [-0.1, -0.05) is 41.9 Å². The van der Waals surface area contributed by atoms with Gasteiger partial charge in [0.15, 0.2) is 0 Å². The van der Waals surface area contributed by atoms with Crippen LogP contribution in [0.25, 0.3) is 0 Å². The molecule has 0 bridgehead atoms. The third-order valence-corrected chi connectivity index (χ3v) is 3.52. The van der Waals surface area contributed by atoms with Crippen LogP contribution in [0.1, 0.15) is 15.9 Å². The Morgan fingerprint density at radius 1 is 1.14 bits per heavy atom. The van der Waals surface area contributed by atoms with Crippen molar-refractivity contribution in [2.45, 2.75) is 12.5 Å². The summed E-state index contributed by atoms with van der Waals surface area (Å²) < 4.78 is 0. The molecule has 0 radical (unpaired) electrons. The first-order valence-electron chi connectivity index (χ1n) is 6.66. The van der Waals surface area contributed by atoms with Crippen molar-refractivity contribution in [2.24, 2.45) is 5.73 Å². The van der Waals surface area contributed by atoms with E-state index in [1.165, 1.54) is 18.2 Å². The van der Waals surface area contributed by atoms with Gasteiger partial charge >= 0.3 is 0 Å². The lowest BCUT2D eigenvalue weighted by molar-refractivity contribution is -0.119. The molecule has 22 heavy (non-hydrogen) atoms. The van der Waals surface area contributed by atoms with Gasteiger partial charge in [0.25, 0.3) is 5.91 Å². The maximum Gasteiger partial charge on any atom is 0.251 e. The minimum Gasteiger partial charge on any atom is -0.398 e. The van der Waals surface area contributed by atoms with Gasteiger partial charge in [-0.3, -0.25) is 9.59 Å². The number of carbonyl (C=O) groups is 2. The molecule has 2 amide bonds. The Bertz CT molecular complexity index is 689. The van der Waals surface area contributed by atoms with Gasteiger partial charge in [-0.05, 0) is 23.8 Å². The number of nitrogens with one attached hydrogen (secondary N) is 1. The summed E-state index contributed by atoms with van der Waals surface area (Å²) in [5.41, 5.74) is 12.6. The Labute approximate surface area is 133 Å². The molecule has 2 rings (SSSR count). The molecule has 5 nitrogen and oxygen atoms in total. The molecule has 114 valence electrons. The quantitative estimate of drug-likeness (QED) is 0.733. The van der Waals surface area contributed by atoms with E-state index in [1.54, 1.807) is 0 Å². The molecule has 0 unspecified atom stereocenters. The summed E-state index contributed by atoms with van der Waals surface area (Å²) in [6, 6.07) is 13.0. The Morgan fingerprint density at radius 3 is 2.41 bits per heavy atom. The molecular formula is C16H16ClN3O2. The van der Waals surface area contributed by atoms with Crippen LogP contribution in [0.3, 0.4) is 0 Å². The molecule has 0 saturated carbocycles. The molecule has 6 heteroatoms. The zero-order valence-electron chi connectivity index (χ0n) is 11.8. The first-order valence-corrected chi connectivity index (χ1v) is 7.04. The highest BCUT2D eigenvalue weighted by molar-refractivity contribution is 6.33. The van der Waals surface area contributed by atoms with Crippen LogP contribution in [-0.4, -0.2) is 17.9 Å². The van der Waals surface area contributed by atoms with Gasteiger partial charge in [-0.2, -0.15) is 0 Å². The van der Waals surface area contributed by atoms with Gasteiger partial charge in [0, 0.05) is 12.0 Å². The molecule has 0 aliphatic carbocycles. The Balaban J connectivity index is 2.12. The number of nitrogen functional groups attached to an aromatic ring is 1. The van der Waals surface area contributed by atoms with Crippen molar-refractivity contribution in [1.82, 2.24) is 5.32 Å². The summed E-state index contributed by atoms with van der Waals surface area (Å²) in [4.78, 5) is 23.7.